The Morgan fingerprint density at radius 3 is 2.26 bits per heavy atom. The summed E-state index contributed by atoms with van der Waals surface area (Å²) < 4.78 is 20.8. The van der Waals surface area contributed by atoms with E-state index < -0.39 is 5.97 Å². The Bertz CT molecular complexity index is 1070. The molecule has 2 aromatic carbocycles. The van der Waals surface area contributed by atoms with E-state index in [9.17, 15) is 9.59 Å². The summed E-state index contributed by atoms with van der Waals surface area (Å²) >= 11 is 1.24. The van der Waals surface area contributed by atoms with E-state index in [1.165, 1.54) is 32.7 Å². The van der Waals surface area contributed by atoms with E-state index in [-0.39, 0.29) is 5.91 Å². The third-order valence-corrected chi connectivity index (χ3v) is 5.61. The van der Waals surface area contributed by atoms with E-state index in [2.05, 4.69) is 5.32 Å². The summed E-state index contributed by atoms with van der Waals surface area (Å²) in [6.07, 6.45) is 0. The van der Waals surface area contributed by atoms with Crippen LogP contribution in [0.2, 0.25) is 0 Å². The highest BCUT2D eigenvalue weighted by molar-refractivity contribution is 7.18. The molecule has 1 N–H and O–H groups in total. The van der Waals surface area contributed by atoms with Gasteiger partial charge in [0.25, 0.3) is 5.91 Å². The highest BCUT2D eigenvalue weighted by Crippen LogP contribution is 2.36. The number of carbonyl (C=O) groups is 2. The van der Waals surface area contributed by atoms with Crippen molar-refractivity contribution in [2.24, 2.45) is 0 Å². The van der Waals surface area contributed by atoms with Gasteiger partial charge >= 0.3 is 5.97 Å². The molecule has 0 saturated heterocycles. The fourth-order valence-electron chi connectivity index (χ4n) is 2.92. The van der Waals surface area contributed by atoms with Crippen LogP contribution in [-0.4, -0.2) is 39.8 Å². The van der Waals surface area contributed by atoms with Gasteiger partial charge in [-0.05, 0) is 61.0 Å². The smallest absolute Gasteiger partial charge is 0.350 e. The zero-order valence-corrected chi connectivity index (χ0v) is 18.5. The first-order valence-electron chi connectivity index (χ1n) is 9.49. The first kappa shape index (κ1) is 22.2. The normalized spacial score (nSPS) is 10.3. The van der Waals surface area contributed by atoms with Gasteiger partial charge in [0, 0.05) is 10.4 Å². The number of carbonyl (C=O) groups excluding carboxylic acids is 2. The number of hydrogen-bond acceptors (Lipinski definition) is 7. The van der Waals surface area contributed by atoms with Crippen LogP contribution in [-0.2, 0) is 4.74 Å². The van der Waals surface area contributed by atoms with Gasteiger partial charge in [0.05, 0.1) is 33.6 Å². The SMILES string of the molecule is CCOc1ccc(-c2cc(NC(=O)c3ccc(OC)c(OC)c3)c(C(=O)OC)s2)cc1. The van der Waals surface area contributed by atoms with Crippen molar-refractivity contribution in [3.05, 3.63) is 59.0 Å². The molecule has 0 radical (unpaired) electrons. The van der Waals surface area contributed by atoms with E-state index in [4.69, 9.17) is 18.9 Å². The predicted octanol–water partition coefficient (Wildman–Crippen LogP) is 4.87. The van der Waals surface area contributed by atoms with Crippen LogP contribution in [0.15, 0.2) is 48.5 Å². The molecule has 162 valence electrons. The van der Waals surface area contributed by atoms with E-state index in [1.54, 1.807) is 24.3 Å². The lowest BCUT2D eigenvalue weighted by molar-refractivity contribution is 0.0607. The minimum absolute atomic E-state index is 0.306. The third kappa shape index (κ3) is 4.97. The van der Waals surface area contributed by atoms with E-state index in [1.807, 2.05) is 31.2 Å². The molecule has 31 heavy (non-hydrogen) atoms. The number of benzene rings is 2. The number of ether oxygens (including phenoxy) is 4. The van der Waals surface area contributed by atoms with Crippen LogP contribution in [0.1, 0.15) is 27.0 Å². The molecule has 0 aliphatic carbocycles. The summed E-state index contributed by atoms with van der Waals surface area (Å²) in [5.41, 5.74) is 1.63. The van der Waals surface area contributed by atoms with Crippen LogP contribution in [0, 0.1) is 0 Å². The van der Waals surface area contributed by atoms with Crippen molar-refractivity contribution < 1.29 is 28.5 Å². The molecule has 0 unspecified atom stereocenters. The lowest BCUT2D eigenvalue weighted by Gasteiger charge is -2.10. The van der Waals surface area contributed by atoms with Gasteiger partial charge in [0.2, 0.25) is 0 Å². The molecule has 1 heterocycles. The molecule has 3 rings (SSSR count). The number of hydrogen-bond donors (Lipinski definition) is 1. The molecule has 1 amide bonds. The topological polar surface area (TPSA) is 83.1 Å². The monoisotopic (exact) mass is 441 g/mol. The number of amides is 1. The van der Waals surface area contributed by atoms with Crippen LogP contribution in [0.5, 0.6) is 17.2 Å². The first-order valence-corrected chi connectivity index (χ1v) is 10.3. The van der Waals surface area contributed by atoms with Gasteiger partial charge in [0.1, 0.15) is 10.6 Å². The highest BCUT2D eigenvalue weighted by Gasteiger charge is 2.21. The average molecular weight is 442 g/mol. The Kier molecular flexibility index (Phi) is 7.15. The number of rotatable bonds is 8. The molecule has 3 aromatic rings. The Morgan fingerprint density at radius 1 is 0.935 bits per heavy atom. The summed E-state index contributed by atoms with van der Waals surface area (Å²) in [5.74, 6) is 0.802. The van der Waals surface area contributed by atoms with Crippen molar-refractivity contribution in [3.63, 3.8) is 0 Å². The minimum Gasteiger partial charge on any atom is -0.494 e. The zero-order valence-electron chi connectivity index (χ0n) is 17.7. The molecule has 0 atom stereocenters. The van der Waals surface area contributed by atoms with Crippen molar-refractivity contribution in [2.75, 3.05) is 33.3 Å². The predicted molar refractivity (Wildman–Crippen MR) is 120 cm³/mol. The molecule has 8 heteroatoms. The molecular weight excluding hydrogens is 418 g/mol. The second kappa shape index (κ2) is 9.99. The van der Waals surface area contributed by atoms with Crippen LogP contribution in [0.25, 0.3) is 10.4 Å². The lowest BCUT2D eigenvalue weighted by Crippen LogP contribution is -2.14. The maximum atomic E-state index is 12.8. The molecule has 0 spiro atoms. The Morgan fingerprint density at radius 2 is 1.65 bits per heavy atom. The standard InChI is InChI=1S/C23H23NO6S/c1-5-30-16-9-6-14(7-10-16)20-13-17(21(31-20)23(26)29-4)24-22(25)15-8-11-18(27-2)19(12-15)28-3/h6-13H,5H2,1-4H3,(H,24,25). The summed E-state index contributed by atoms with van der Waals surface area (Å²) in [5, 5.41) is 2.80. The fraction of sp³-hybridized carbons (Fsp3) is 0.217. The largest absolute Gasteiger partial charge is 0.494 e. The molecule has 0 saturated carbocycles. The maximum absolute atomic E-state index is 12.8. The number of nitrogens with one attached hydrogen (secondary N) is 1. The lowest BCUT2D eigenvalue weighted by atomic mass is 10.1. The fourth-order valence-corrected chi connectivity index (χ4v) is 3.96. The van der Waals surface area contributed by atoms with E-state index in [0.29, 0.717) is 34.2 Å². The third-order valence-electron chi connectivity index (χ3n) is 4.45. The van der Waals surface area contributed by atoms with Crippen LogP contribution < -0.4 is 19.5 Å². The highest BCUT2D eigenvalue weighted by atomic mass is 32.1. The second-order valence-corrected chi connectivity index (χ2v) is 7.38. The Labute approximate surface area is 184 Å². The number of methoxy groups -OCH3 is 3. The Balaban J connectivity index is 1.91. The minimum atomic E-state index is -0.523. The number of thiophene rings is 1. The molecule has 0 aliphatic heterocycles. The molecular formula is C23H23NO6S. The van der Waals surface area contributed by atoms with Crippen molar-refractivity contribution in [1.29, 1.82) is 0 Å². The summed E-state index contributed by atoms with van der Waals surface area (Å²) in [4.78, 5) is 26.3. The van der Waals surface area contributed by atoms with Gasteiger partial charge in [0.15, 0.2) is 11.5 Å². The van der Waals surface area contributed by atoms with Gasteiger partial charge in [-0.15, -0.1) is 11.3 Å². The summed E-state index contributed by atoms with van der Waals surface area (Å²) in [6.45, 7) is 2.50. The van der Waals surface area contributed by atoms with Gasteiger partial charge in [-0.2, -0.15) is 0 Å². The van der Waals surface area contributed by atoms with Crippen LogP contribution >= 0.6 is 11.3 Å². The van der Waals surface area contributed by atoms with E-state index >= 15 is 0 Å². The van der Waals surface area contributed by atoms with Crippen molar-refractivity contribution in [1.82, 2.24) is 0 Å². The number of esters is 1. The quantitative estimate of drug-likeness (QED) is 0.502. The molecule has 1 aromatic heterocycles. The van der Waals surface area contributed by atoms with E-state index in [0.717, 1.165) is 16.2 Å². The van der Waals surface area contributed by atoms with Crippen LogP contribution in [0.4, 0.5) is 5.69 Å². The van der Waals surface area contributed by atoms with Gasteiger partial charge in [-0.25, -0.2) is 4.79 Å². The average Bonchev–Trinajstić information content (AvgIpc) is 3.22. The van der Waals surface area contributed by atoms with Gasteiger partial charge < -0.3 is 24.3 Å². The Hall–Kier alpha value is -3.52. The van der Waals surface area contributed by atoms with Crippen molar-refractivity contribution in [2.45, 2.75) is 6.92 Å². The van der Waals surface area contributed by atoms with Crippen LogP contribution in [0.3, 0.4) is 0 Å². The van der Waals surface area contributed by atoms with Crippen molar-refractivity contribution >= 4 is 28.9 Å². The molecule has 0 aliphatic rings. The van der Waals surface area contributed by atoms with Gasteiger partial charge in [-0.3, -0.25) is 4.79 Å². The zero-order chi connectivity index (χ0) is 22.4. The maximum Gasteiger partial charge on any atom is 0.350 e. The molecule has 7 nitrogen and oxygen atoms in total. The number of anilines is 1. The van der Waals surface area contributed by atoms with Gasteiger partial charge in [-0.1, -0.05) is 0 Å². The summed E-state index contributed by atoms with van der Waals surface area (Å²) in [7, 11) is 4.32. The first-order chi connectivity index (χ1) is 15.0. The molecule has 0 bridgehead atoms. The van der Waals surface area contributed by atoms with Crippen molar-refractivity contribution in [3.8, 4) is 27.7 Å². The summed E-state index contributed by atoms with van der Waals surface area (Å²) in [6, 6.07) is 14.1. The second-order valence-electron chi connectivity index (χ2n) is 6.33. The molecule has 0 fully saturated rings.